The quantitative estimate of drug-likeness (QED) is 0.795. The fraction of sp³-hybridized carbons (Fsp3) is 0.600. The smallest absolute Gasteiger partial charge is 0.326 e. The Morgan fingerprint density at radius 2 is 1.63 bits per heavy atom. The normalized spacial score (nSPS) is 23.6. The van der Waals surface area contributed by atoms with Crippen LogP contribution in [-0.2, 0) is 4.79 Å². The number of carbonyl (C=O) groups excluding carboxylic acids is 2. The Labute approximate surface area is 159 Å². The van der Waals surface area contributed by atoms with Gasteiger partial charge in [0.2, 0.25) is 0 Å². The van der Waals surface area contributed by atoms with Gasteiger partial charge in [0.25, 0.3) is 5.91 Å². The van der Waals surface area contributed by atoms with Gasteiger partial charge < -0.3 is 15.3 Å². The first kappa shape index (κ1) is 18.1. The summed E-state index contributed by atoms with van der Waals surface area (Å²) in [6.45, 7) is 3.36. The number of urea groups is 1. The van der Waals surface area contributed by atoms with E-state index < -0.39 is 5.54 Å². The SMILES string of the molecule is O=C1NC2(CCCCCC2)C(=O)N1CN1CCN(c2ccccc2O)CC1. The van der Waals surface area contributed by atoms with Crippen molar-refractivity contribution in [3.63, 3.8) is 0 Å². The van der Waals surface area contributed by atoms with Crippen molar-refractivity contribution in [3.05, 3.63) is 24.3 Å². The number of piperazine rings is 1. The van der Waals surface area contributed by atoms with Crippen molar-refractivity contribution in [2.24, 2.45) is 0 Å². The number of hydrogen-bond acceptors (Lipinski definition) is 5. The zero-order valence-corrected chi connectivity index (χ0v) is 15.7. The predicted molar refractivity (Wildman–Crippen MR) is 103 cm³/mol. The lowest BCUT2D eigenvalue weighted by molar-refractivity contribution is -0.133. The number of amides is 3. The van der Waals surface area contributed by atoms with Gasteiger partial charge in [0, 0.05) is 26.2 Å². The van der Waals surface area contributed by atoms with E-state index in [0.717, 1.165) is 70.4 Å². The molecule has 3 fully saturated rings. The summed E-state index contributed by atoms with van der Waals surface area (Å²) in [5.74, 6) is 0.243. The molecule has 2 saturated heterocycles. The first-order chi connectivity index (χ1) is 13.1. The molecule has 0 aromatic heterocycles. The van der Waals surface area contributed by atoms with Gasteiger partial charge in [-0.2, -0.15) is 0 Å². The second kappa shape index (κ2) is 7.38. The third-order valence-electron chi connectivity index (χ3n) is 6.14. The van der Waals surface area contributed by atoms with E-state index in [0.29, 0.717) is 6.67 Å². The summed E-state index contributed by atoms with van der Waals surface area (Å²) < 4.78 is 0. The predicted octanol–water partition coefficient (Wildman–Crippen LogP) is 2.12. The molecule has 0 bridgehead atoms. The molecule has 1 saturated carbocycles. The van der Waals surface area contributed by atoms with Gasteiger partial charge in [0.05, 0.1) is 12.4 Å². The summed E-state index contributed by atoms with van der Waals surface area (Å²) in [5, 5.41) is 13.0. The molecule has 7 heteroatoms. The van der Waals surface area contributed by atoms with Crippen LogP contribution in [0, 0.1) is 0 Å². The van der Waals surface area contributed by atoms with E-state index in [4.69, 9.17) is 0 Å². The monoisotopic (exact) mass is 372 g/mol. The summed E-state index contributed by atoms with van der Waals surface area (Å²) in [4.78, 5) is 31.2. The highest BCUT2D eigenvalue weighted by molar-refractivity contribution is 6.07. The zero-order chi connectivity index (χ0) is 18.9. The van der Waals surface area contributed by atoms with Crippen molar-refractivity contribution in [3.8, 4) is 5.75 Å². The van der Waals surface area contributed by atoms with Crippen molar-refractivity contribution < 1.29 is 14.7 Å². The number of nitrogens with zero attached hydrogens (tertiary/aromatic N) is 3. The van der Waals surface area contributed by atoms with Crippen molar-refractivity contribution in [2.75, 3.05) is 37.7 Å². The Morgan fingerprint density at radius 3 is 2.30 bits per heavy atom. The fourth-order valence-corrected chi connectivity index (χ4v) is 4.54. The largest absolute Gasteiger partial charge is 0.506 e. The molecular formula is C20H28N4O3. The lowest BCUT2D eigenvalue weighted by atomic mass is 9.90. The van der Waals surface area contributed by atoms with E-state index in [9.17, 15) is 14.7 Å². The number of carbonyl (C=O) groups is 2. The van der Waals surface area contributed by atoms with Crippen molar-refractivity contribution >= 4 is 17.6 Å². The molecule has 3 amide bonds. The highest BCUT2D eigenvalue weighted by Crippen LogP contribution is 2.33. The third-order valence-corrected chi connectivity index (χ3v) is 6.14. The Kier molecular flexibility index (Phi) is 4.95. The van der Waals surface area contributed by atoms with E-state index in [2.05, 4.69) is 15.1 Å². The number of benzene rings is 1. The maximum Gasteiger partial charge on any atom is 0.326 e. The van der Waals surface area contributed by atoms with Gasteiger partial charge >= 0.3 is 6.03 Å². The molecule has 2 heterocycles. The van der Waals surface area contributed by atoms with E-state index in [1.54, 1.807) is 6.07 Å². The first-order valence-corrected chi connectivity index (χ1v) is 9.98. The molecule has 1 aromatic carbocycles. The van der Waals surface area contributed by atoms with E-state index in [1.807, 2.05) is 18.2 Å². The lowest BCUT2D eigenvalue weighted by Crippen LogP contribution is -2.52. The molecule has 0 atom stereocenters. The van der Waals surface area contributed by atoms with E-state index in [1.165, 1.54) is 4.90 Å². The minimum absolute atomic E-state index is 0.0440. The number of phenolic OH excluding ortho intramolecular Hbond substituents is 1. The molecular weight excluding hydrogens is 344 g/mol. The third kappa shape index (κ3) is 3.48. The summed E-state index contributed by atoms with van der Waals surface area (Å²) in [7, 11) is 0. The number of anilines is 1. The average Bonchev–Trinajstić information content (AvgIpc) is 2.84. The number of imide groups is 1. The van der Waals surface area contributed by atoms with Crippen LogP contribution in [0.15, 0.2) is 24.3 Å². The molecule has 0 unspecified atom stereocenters. The Hall–Kier alpha value is -2.28. The minimum atomic E-state index is -0.661. The molecule has 1 spiro atoms. The highest BCUT2D eigenvalue weighted by atomic mass is 16.3. The number of para-hydroxylation sites is 2. The van der Waals surface area contributed by atoms with Gasteiger partial charge in [0.15, 0.2) is 0 Å². The van der Waals surface area contributed by atoms with Crippen LogP contribution in [0.4, 0.5) is 10.5 Å². The van der Waals surface area contributed by atoms with Crippen LogP contribution in [0.1, 0.15) is 38.5 Å². The number of hydrogen-bond donors (Lipinski definition) is 2. The van der Waals surface area contributed by atoms with Crippen LogP contribution in [-0.4, -0.2) is 65.2 Å². The summed E-state index contributed by atoms with van der Waals surface area (Å²) in [5.41, 5.74) is 0.176. The summed E-state index contributed by atoms with van der Waals surface area (Å²) >= 11 is 0. The van der Waals surface area contributed by atoms with E-state index >= 15 is 0 Å². The molecule has 3 aliphatic rings. The minimum Gasteiger partial charge on any atom is -0.506 e. The average molecular weight is 372 g/mol. The molecule has 146 valence electrons. The fourth-order valence-electron chi connectivity index (χ4n) is 4.54. The summed E-state index contributed by atoms with van der Waals surface area (Å²) in [6, 6.07) is 7.10. The number of phenols is 1. The Balaban J connectivity index is 1.37. The Bertz CT molecular complexity index is 707. The standard InChI is InChI=1S/C20H28N4O3/c25-17-8-4-3-7-16(17)23-13-11-22(12-14-23)15-24-18(26)20(21-19(24)27)9-5-1-2-6-10-20/h3-4,7-8,25H,1-2,5-6,9-15H2,(H,21,27). The van der Waals surface area contributed by atoms with Crippen molar-refractivity contribution in [2.45, 2.75) is 44.1 Å². The van der Waals surface area contributed by atoms with Gasteiger partial charge in [-0.05, 0) is 25.0 Å². The van der Waals surface area contributed by atoms with Crippen LogP contribution in [0.25, 0.3) is 0 Å². The number of aromatic hydroxyl groups is 1. The second-order valence-corrected chi connectivity index (χ2v) is 7.89. The van der Waals surface area contributed by atoms with Crippen LogP contribution in [0.3, 0.4) is 0 Å². The number of rotatable bonds is 3. The molecule has 2 aliphatic heterocycles. The molecule has 27 heavy (non-hydrogen) atoms. The van der Waals surface area contributed by atoms with Gasteiger partial charge in [-0.1, -0.05) is 37.8 Å². The molecule has 7 nitrogen and oxygen atoms in total. The molecule has 1 aromatic rings. The van der Waals surface area contributed by atoms with Gasteiger partial charge in [-0.15, -0.1) is 0 Å². The lowest BCUT2D eigenvalue weighted by Gasteiger charge is -2.37. The first-order valence-electron chi connectivity index (χ1n) is 9.98. The zero-order valence-electron chi connectivity index (χ0n) is 15.7. The Morgan fingerprint density at radius 1 is 0.963 bits per heavy atom. The topological polar surface area (TPSA) is 76.1 Å². The highest BCUT2D eigenvalue weighted by Gasteiger charge is 2.51. The van der Waals surface area contributed by atoms with E-state index in [-0.39, 0.29) is 17.7 Å². The maximum atomic E-state index is 13.0. The van der Waals surface area contributed by atoms with Crippen LogP contribution >= 0.6 is 0 Å². The van der Waals surface area contributed by atoms with Crippen LogP contribution in [0.5, 0.6) is 5.75 Å². The summed E-state index contributed by atoms with van der Waals surface area (Å²) in [6.07, 6.45) is 5.79. The van der Waals surface area contributed by atoms with Crippen molar-refractivity contribution in [1.29, 1.82) is 0 Å². The molecule has 1 aliphatic carbocycles. The van der Waals surface area contributed by atoms with Crippen LogP contribution in [0.2, 0.25) is 0 Å². The maximum absolute atomic E-state index is 13.0. The van der Waals surface area contributed by atoms with Gasteiger partial charge in [-0.25, -0.2) is 9.69 Å². The molecule has 2 N–H and O–H groups in total. The second-order valence-electron chi connectivity index (χ2n) is 7.89. The molecule has 0 radical (unpaired) electrons. The molecule has 4 rings (SSSR count). The van der Waals surface area contributed by atoms with Crippen molar-refractivity contribution in [1.82, 2.24) is 15.1 Å². The number of nitrogens with one attached hydrogen (secondary N) is 1. The van der Waals surface area contributed by atoms with Gasteiger partial charge in [0.1, 0.15) is 11.3 Å². The van der Waals surface area contributed by atoms with Crippen LogP contribution < -0.4 is 10.2 Å². The van der Waals surface area contributed by atoms with Gasteiger partial charge in [-0.3, -0.25) is 9.69 Å².